The van der Waals surface area contributed by atoms with Crippen molar-refractivity contribution >= 4 is 17.3 Å². The van der Waals surface area contributed by atoms with E-state index in [0.717, 1.165) is 31.6 Å². The third-order valence-corrected chi connectivity index (χ3v) is 2.87. The van der Waals surface area contributed by atoms with Gasteiger partial charge in [0.05, 0.1) is 23.5 Å². The summed E-state index contributed by atoms with van der Waals surface area (Å²) in [7, 11) is 0. The highest BCUT2D eigenvalue weighted by Gasteiger charge is 2.13. The third-order valence-electron chi connectivity index (χ3n) is 2.87. The average molecular weight is 264 g/mol. The van der Waals surface area contributed by atoms with Crippen LogP contribution in [0.5, 0.6) is 0 Å². The van der Waals surface area contributed by atoms with Crippen LogP contribution < -0.4 is 10.6 Å². The highest BCUT2D eigenvalue weighted by Crippen LogP contribution is 2.25. The number of nitrogen functional groups attached to an aromatic ring is 1. The van der Waals surface area contributed by atoms with Crippen LogP contribution in [0.2, 0.25) is 0 Å². The van der Waals surface area contributed by atoms with E-state index in [1.807, 2.05) is 6.07 Å². The Morgan fingerprint density at radius 1 is 1.21 bits per heavy atom. The number of rotatable bonds is 7. The molecule has 2 N–H and O–H groups in total. The first-order chi connectivity index (χ1) is 9.13. The lowest BCUT2D eigenvalue weighted by atomic mass is 10.1. The van der Waals surface area contributed by atoms with Crippen molar-refractivity contribution < 1.29 is 9.53 Å². The summed E-state index contributed by atoms with van der Waals surface area (Å²) in [6, 6.07) is 5.32. The first-order valence-corrected chi connectivity index (χ1v) is 6.95. The largest absolute Gasteiger partial charge is 0.462 e. The van der Waals surface area contributed by atoms with Crippen molar-refractivity contribution in [2.75, 3.05) is 30.3 Å². The van der Waals surface area contributed by atoms with Crippen LogP contribution in [0.4, 0.5) is 11.4 Å². The molecular formula is C15H24N2O2. The minimum absolute atomic E-state index is 0.295. The summed E-state index contributed by atoms with van der Waals surface area (Å²) >= 11 is 0. The summed E-state index contributed by atoms with van der Waals surface area (Å²) < 4.78 is 5.02. The zero-order valence-electron chi connectivity index (χ0n) is 12.1. The normalized spacial score (nSPS) is 10.3. The molecule has 0 aliphatic heterocycles. The topological polar surface area (TPSA) is 55.6 Å². The van der Waals surface area contributed by atoms with E-state index in [4.69, 9.17) is 10.5 Å². The van der Waals surface area contributed by atoms with Crippen molar-refractivity contribution in [3.8, 4) is 0 Å². The fraction of sp³-hybridized carbons (Fsp3) is 0.533. The van der Waals surface area contributed by atoms with E-state index >= 15 is 0 Å². The Balaban J connectivity index is 3.03. The van der Waals surface area contributed by atoms with Crippen molar-refractivity contribution in [3.63, 3.8) is 0 Å². The summed E-state index contributed by atoms with van der Waals surface area (Å²) in [5.74, 6) is -0.295. The molecule has 0 amide bonds. The van der Waals surface area contributed by atoms with E-state index in [1.54, 1.807) is 19.1 Å². The Morgan fingerprint density at radius 2 is 1.84 bits per heavy atom. The van der Waals surface area contributed by atoms with Gasteiger partial charge in [-0.1, -0.05) is 13.8 Å². The van der Waals surface area contributed by atoms with Crippen LogP contribution >= 0.6 is 0 Å². The summed E-state index contributed by atoms with van der Waals surface area (Å²) in [5, 5.41) is 0. The lowest BCUT2D eigenvalue weighted by Crippen LogP contribution is -2.26. The molecule has 1 aromatic rings. The Labute approximate surface area is 115 Å². The van der Waals surface area contributed by atoms with Crippen LogP contribution in [-0.4, -0.2) is 25.7 Å². The van der Waals surface area contributed by atoms with Gasteiger partial charge in [0.1, 0.15) is 0 Å². The van der Waals surface area contributed by atoms with Crippen LogP contribution in [0.25, 0.3) is 0 Å². The molecule has 0 spiro atoms. The molecule has 0 saturated heterocycles. The molecule has 0 radical (unpaired) electrons. The maximum atomic E-state index is 11.8. The van der Waals surface area contributed by atoms with E-state index < -0.39 is 0 Å². The molecule has 19 heavy (non-hydrogen) atoms. The van der Waals surface area contributed by atoms with Gasteiger partial charge in [0, 0.05) is 13.1 Å². The fourth-order valence-electron chi connectivity index (χ4n) is 2.05. The first kappa shape index (κ1) is 15.3. The monoisotopic (exact) mass is 264 g/mol. The van der Waals surface area contributed by atoms with Gasteiger partial charge in [-0.05, 0) is 38.0 Å². The van der Waals surface area contributed by atoms with Gasteiger partial charge in [0.25, 0.3) is 0 Å². The number of benzene rings is 1. The zero-order chi connectivity index (χ0) is 14.3. The molecule has 0 aliphatic rings. The molecular weight excluding hydrogens is 240 g/mol. The Kier molecular flexibility index (Phi) is 6.19. The fourth-order valence-corrected chi connectivity index (χ4v) is 2.05. The maximum absolute atomic E-state index is 11.8. The standard InChI is InChI=1S/C15H24N2O2/c1-4-9-17(10-5-2)14-11-12(7-8-13(14)16)15(18)19-6-3/h7-8,11H,4-6,9-10,16H2,1-3H3. The van der Waals surface area contributed by atoms with E-state index in [9.17, 15) is 4.79 Å². The van der Waals surface area contributed by atoms with Crippen LogP contribution in [0.1, 0.15) is 44.0 Å². The van der Waals surface area contributed by atoms with Crippen molar-refractivity contribution in [2.45, 2.75) is 33.6 Å². The molecule has 1 rings (SSSR count). The first-order valence-electron chi connectivity index (χ1n) is 6.95. The van der Waals surface area contributed by atoms with Gasteiger partial charge >= 0.3 is 5.97 Å². The predicted octanol–water partition coefficient (Wildman–Crippen LogP) is 3.07. The van der Waals surface area contributed by atoms with Crippen molar-refractivity contribution in [1.29, 1.82) is 0 Å². The zero-order valence-corrected chi connectivity index (χ0v) is 12.1. The number of hydrogen-bond acceptors (Lipinski definition) is 4. The molecule has 0 saturated carbocycles. The van der Waals surface area contributed by atoms with E-state index in [2.05, 4.69) is 18.7 Å². The van der Waals surface area contributed by atoms with Gasteiger partial charge in [0.2, 0.25) is 0 Å². The number of ether oxygens (including phenoxy) is 1. The van der Waals surface area contributed by atoms with Gasteiger partial charge in [-0.2, -0.15) is 0 Å². The lowest BCUT2D eigenvalue weighted by molar-refractivity contribution is 0.0526. The summed E-state index contributed by atoms with van der Waals surface area (Å²) in [6.07, 6.45) is 2.09. The molecule has 0 aliphatic carbocycles. The highest BCUT2D eigenvalue weighted by atomic mass is 16.5. The van der Waals surface area contributed by atoms with Crippen molar-refractivity contribution in [2.24, 2.45) is 0 Å². The second-order valence-electron chi connectivity index (χ2n) is 4.48. The van der Waals surface area contributed by atoms with Crippen molar-refractivity contribution in [3.05, 3.63) is 23.8 Å². The second kappa shape index (κ2) is 7.67. The number of carbonyl (C=O) groups is 1. The molecule has 106 valence electrons. The average Bonchev–Trinajstić information content (AvgIpc) is 2.39. The number of esters is 1. The molecule has 0 aromatic heterocycles. The van der Waals surface area contributed by atoms with Crippen molar-refractivity contribution in [1.82, 2.24) is 0 Å². The Morgan fingerprint density at radius 3 is 2.37 bits per heavy atom. The number of hydrogen-bond donors (Lipinski definition) is 1. The van der Waals surface area contributed by atoms with Gasteiger partial charge < -0.3 is 15.4 Å². The highest BCUT2D eigenvalue weighted by molar-refractivity contribution is 5.92. The van der Waals surface area contributed by atoms with Crippen LogP contribution in [0.3, 0.4) is 0 Å². The molecule has 1 aromatic carbocycles. The molecule has 0 atom stereocenters. The molecule has 0 unspecified atom stereocenters. The second-order valence-corrected chi connectivity index (χ2v) is 4.48. The summed E-state index contributed by atoms with van der Waals surface area (Å²) in [6.45, 7) is 8.32. The Bertz CT molecular complexity index is 413. The van der Waals surface area contributed by atoms with Gasteiger partial charge in [-0.3, -0.25) is 0 Å². The number of nitrogens with two attached hydrogens (primary N) is 1. The molecule has 0 bridgehead atoms. The quantitative estimate of drug-likeness (QED) is 0.607. The van der Waals surface area contributed by atoms with E-state index in [1.165, 1.54) is 0 Å². The van der Waals surface area contributed by atoms with Crippen LogP contribution in [-0.2, 0) is 4.74 Å². The summed E-state index contributed by atoms with van der Waals surface area (Å²) in [4.78, 5) is 14.0. The minimum atomic E-state index is -0.295. The molecule has 0 heterocycles. The molecule has 4 nitrogen and oxygen atoms in total. The van der Waals surface area contributed by atoms with Gasteiger partial charge in [-0.25, -0.2) is 4.79 Å². The van der Waals surface area contributed by atoms with Crippen LogP contribution in [0.15, 0.2) is 18.2 Å². The van der Waals surface area contributed by atoms with Crippen LogP contribution in [0, 0.1) is 0 Å². The van der Waals surface area contributed by atoms with E-state index in [-0.39, 0.29) is 5.97 Å². The number of carbonyl (C=O) groups excluding carboxylic acids is 1. The molecule has 4 heteroatoms. The lowest BCUT2D eigenvalue weighted by Gasteiger charge is -2.25. The number of anilines is 2. The predicted molar refractivity (Wildman–Crippen MR) is 79.6 cm³/mol. The minimum Gasteiger partial charge on any atom is -0.462 e. The number of nitrogens with zero attached hydrogens (tertiary/aromatic N) is 1. The third kappa shape index (κ3) is 4.16. The SMILES string of the molecule is CCCN(CCC)c1cc(C(=O)OCC)ccc1N. The van der Waals surface area contributed by atoms with E-state index in [0.29, 0.717) is 17.9 Å². The molecule has 0 fully saturated rings. The van der Waals surface area contributed by atoms with Gasteiger partial charge in [-0.15, -0.1) is 0 Å². The maximum Gasteiger partial charge on any atom is 0.338 e. The smallest absolute Gasteiger partial charge is 0.338 e. The Hall–Kier alpha value is -1.71. The summed E-state index contributed by atoms with van der Waals surface area (Å²) in [5.41, 5.74) is 8.22. The van der Waals surface area contributed by atoms with Gasteiger partial charge in [0.15, 0.2) is 0 Å².